The first kappa shape index (κ1) is 18.5. The molecule has 1 aliphatic carbocycles. The topological polar surface area (TPSA) is 80.1 Å². The fourth-order valence-corrected chi connectivity index (χ4v) is 3.69. The SMILES string of the molecule is CC(Oc1ccc2ccc(=O)oc2c1)C(=O)N1CCN(C(=O)C2CCC2)CC1. The molecule has 7 nitrogen and oxygen atoms in total. The van der Waals surface area contributed by atoms with E-state index in [-0.39, 0.29) is 17.7 Å². The average molecular weight is 384 g/mol. The van der Waals surface area contributed by atoms with E-state index in [1.54, 1.807) is 36.1 Å². The Kier molecular flexibility index (Phi) is 5.07. The summed E-state index contributed by atoms with van der Waals surface area (Å²) >= 11 is 0. The third-order valence-corrected chi connectivity index (χ3v) is 5.61. The molecule has 1 atom stereocenters. The predicted octanol–water partition coefficient (Wildman–Crippen LogP) is 2.03. The van der Waals surface area contributed by atoms with Gasteiger partial charge in [-0.15, -0.1) is 0 Å². The maximum Gasteiger partial charge on any atom is 0.336 e. The van der Waals surface area contributed by atoms with E-state index >= 15 is 0 Å². The van der Waals surface area contributed by atoms with E-state index in [1.165, 1.54) is 6.07 Å². The van der Waals surface area contributed by atoms with Gasteiger partial charge in [0.25, 0.3) is 5.91 Å². The second-order valence-corrected chi connectivity index (χ2v) is 7.49. The molecular weight excluding hydrogens is 360 g/mol. The maximum absolute atomic E-state index is 12.7. The third-order valence-electron chi connectivity index (χ3n) is 5.61. The highest BCUT2D eigenvalue weighted by Crippen LogP contribution is 2.28. The first-order valence-corrected chi connectivity index (χ1v) is 9.79. The van der Waals surface area contributed by atoms with Gasteiger partial charge >= 0.3 is 5.63 Å². The Hall–Kier alpha value is -2.83. The second kappa shape index (κ2) is 7.66. The van der Waals surface area contributed by atoms with Crippen molar-refractivity contribution < 1.29 is 18.7 Å². The molecule has 2 aliphatic rings. The van der Waals surface area contributed by atoms with Crippen LogP contribution in [-0.2, 0) is 9.59 Å². The smallest absolute Gasteiger partial charge is 0.336 e. The summed E-state index contributed by atoms with van der Waals surface area (Å²) in [5.41, 5.74) is -0.00383. The van der Waals surface area contributed by atoms with E-state index in [0.29, 0.717) is 37.5 Å². The van der Waals surface area contributed by atoms with Gasteiger partial charge in [0.15, 0.2) is 6.10 Å². The van der Waals surface area contributed by atoms with Gasteiger partial charge in [0.2, 0.25) is 5.91 Å². The molecule has 1 aromatic heterocycles. The molecule has 1 aromatic carbocycles. The minimum absolute atomic E-state index is 0.106. The summed E-state index contributed by atoms with van der Waals surface area (Å²) in [6, 6.07) is 8.21. The number of carbonyl (C=O) groups is 2. The summed E-state index contributed by atoms with van der Waals surface area (Å²) in [5, 5.41) is 0.790. The van der Waals surface area contributed by atoms with Crippen molar-refractivity contribution in [3.63, 3.8) is 0 Å². The number of hydrogen-bond donors (Lipinski definition) is 0. The van der Waals surface area contributed by atoms with Crippen LogP contribution in [0.3, 0.4) is 0 Å². The van der Waals surface area contributed by atoms with Gasteiger partial charge in [-0.05, 0) is 38.0 Å². The lowest BCUT2D eigenvalue weighted by Crippen LogP contribution is -2.54. The largest absolute Gasteiger partial charge is 0.481 e. The Morgan fingerprint density at radius 3 is 2.43 bits per heavy atom. The molecule has 2 heterocycles. The van der Waals surface area contributed by atoms with Gasteiger partial charge < -0.3 is 19.0 Å². The summed E-state index contributed by atoms with van der Waals surface area (Å²) in [5.74, 6) is 0.796. The highest BCUT2D eigenvalue weighted by molar-refractivity contribution is 5.83. The lowest BCUT2D eigenvalue weighted by molar-refractivity contribution is -0.146. The van der Waals surface area contributed by atoms with Crippen LogP contribution in [0, 0.1) is 5.92 Å². The molecule has 1 saturated carbocycles. The Morgan fingerprint density at radius 1 is 1.07 bits per heavy atom. The van der Waals surface area contributed by atoms with Crippen LogP contribution < -0.4 is 10.4 Å². The van der Waals surface area contributed by atoms with Gasteiger partial charge in [0, 0.05) is 49.6 Å². The van der Waals surface area contributed by atoms with Crippen molar-refractivity contribution in [3.05, 3.63) is 40.8 Å². The minimum Gasteiger partial charge on any atom is -0.481 e. The maximum atomic E-state index is 12.7. The van der Waals surface area contributed by atoms with Crippen molar-refractivity contribution in [2.45, 2.75) is 32.3 Å². The molecule has 0 N–H and O–H groups in total. The number of ether oxygens (including phenoxy) is 1. The van der Waals surface area contributed by atoms with Crippen molar-refractivity contribution in [1.82, 2.24) is 9.80 Å². The number of rotatable bonds is 4. The fourth-order valence-electron chi connectivity index (χ4n) is 3.69. The first-order valence-electron chi connectivity index (χ1n) is 9.79. The molecule has 0 bridgehead atoms. The van der Waals surface area contributed by atoms with Crippen LogP contribution in [0.5, 0.6) is 5.75 Å². The predicted molar refractivity (Wildman–Crippen MR) is 103 cm³/mol. The average Bonchev–Trinajstić information content (AvgIpc) is 2.65. The molecule has 2 amide bonds. The zero-order valence-electron chi connectivity index (χ0n) is 15.9. The number of hydrogen-bond acceptors (Lipinski definition) is 5. The quantitative estimate of drug-likeness (QED) is 0.754. The molecule has 2 aromatic rings. The molecule has 0 spiro atoms. The Bertz CT molecular complexity index is 941. The summed E-state index contributed by atoms with van der Waals surface area (Å²) in [6.45, 7) is 3.92. The van der Waals surface area contributed by atoms with Gasteiger partial charge in [-0.25, -0.2) is 4.79 Å². The molecule has 28 heavy (non-hydrogen) atoms. The van der Waals surface area contributed by atoms with Crippen molar-refractivity contribution >= 4 is 22.8 Å². The van der Waals surface area contributed by atoms with Gasteiger partial charge in [-0.2, -0.15) is 0 Å². The normalized spacial score (nSPS) is 18.6. The summed E-state index contributed by atoms with van der Waals surface area (Å²) in [6.07, 6.45) is 2.47. The molecule has 148 valence electrons. The Balaban J connectivity index is 1.35. The van der Waals surface area contributed by atoms with Crippen molar-refractivity contribution in [3.8, 4) is 5.75 Å². The van der Waals surface area contributed by atoms with Gasteiger partial charge in [-0.3, -0.25) is 9.59 Å². The Labute approximate surface area is 162 Å². The van der Waals surface area contributed by atoms with Crippen LogP contribution >= 0.6 is 0 Å². The lowest BCUT2D eigenvalue weighted by atomic mass is 9.84. The van der Waals surface area contributed by atoms with E-state index in [1.807, 2.05) is 4.90 Å². The fraction of sp³-hybridized carbons (Fsp3) is 0.476. The number of piperazine rings is 1. The molecule has 7 heteroatoms. The third kappa shape index (κ3) is 3.74. The summed E-state index contributed by atoms with van der Waals surface area (Å²) < 4.78 is 10.9. The van der Waals surface area contributed by atoms with E-state index in [2.05, 4.69) is 0 Å². The molecule has 1 aliphatic heterocycles. The number of benzene rings is 1. The molecule has 4 rings (SSSR count). The van der Waals surface area contributed by atoms with Crippen molar-refractivity contribution in [1.29, 1.82) is 0 Å². The number of nitrogens with zero attached hydrogens (tertiary/aromatic N) is 2. The molecule has 1 saturated heterocycles. The summed E-state index contributed by atoms with van der Waals surface area (Å²) in [7, 11) is 0. The molecule has 2 fully saturated rings. The summed E-state index contributed by atoms with van der Waals surface area (Å²) in [4.78, 5) is 40.1. The van der Waals surface area contributed by atoms with Crippen LogP contribution in [-0.4, -0.2) is 53.9 Å². The van der Waals surface area contributed by atoms with Gasteiger partial charge in [0.1, 0.15) is 11.3 Å². The standard InChI is InChI=1S/C21H24N2O5/c1-14(27-17-7-5-15-6-8-19(24)28-18(15)13-17)20(25)22-9-11-23(12-10-22)21(26)16-3-2-4-16/h5-8,13-14,16H,2-4,9-12H2,1H3. The molecular formula is C21H24N2O5. The zero-order chi connectivity index (χ0) is 19.7. The van der Waals surface area contributed by atoms with Crippen molar-refractivity contribution in [2.75, 3.05) is 26.2 Å². The second-order valence-electron chi connectivity index (χ2n) is 7.49. The number of carbonyl (C=O) groups excluding carboxylic acids is 2. The zero-order valence-corrected chi connectivity index (χ0v) is 15.9. The Morgan fingerprint density at radius 2 is 1.75 bits per heavy atom. The van der Waals surface area contributed by atoms with Gasteiger partial charge in [-0.1, -0.05) is 6.42 Å². The van der Waals surface area contributed by atoms with Crippen LogP contribution in [0.25, 0.3) is 11.0 Å². The van der Waals surface area contributed by atoms with E-state index in [4.69, 9.17) is 9.15 Å². The number of fused-ring (bicyclic) bond motifs is 1. The minimum atomic E-state index is -0.665. The van der Waals surface area contributed by atoms with Crippen LogP contribution in [0.1, 0.15) is 26.2 Å². The van der Waals surface area contributed by atoms with Gasteiger partial charge in [0.05, 0.1) is 0 Å². The van der Waals surface area contributed by atoms with Crippen LogP contribution in [0.2, 0.25) is 0 Å². The monoisotopic (exact) mass is 384 g/mol. The lowest BCUT2D eigenvalue weighted by Gasteiger charge is -2.38. The van der Waals surface area contributed by atoms with Crippen LogP contribution in [0.15, 0.2) is 39.5 Å². The highest BCUT2D eigenvalue weighted by Gasteiger charge is 2.33. The molecule has 1 unspecified atom stereocenters. The van der Waals surface area contributed by atoms with E-state index in [9.17, 15) is 14.4 Å². The van der Waals surface area contributed by atoms with Crippen LogP contribution in [0.4, 0.5) is 0 Å². The highest BCUT2D eigenvalue weighted by atomic mass is 16.5. The van der Waals surface area contributed by atoms with E-state index < -0.39 is 11.7 Å². The van der Waals surface area contributed by atoms with E-state index in [0.717, 1.165) is 24.6 Å². The van der Waals surface area contributed by atoms with Crippen molar-refractivity contribution in [2.24, 2.45) is 5.92 Å². The number of amides is 2. The molecule has 0 radical (unpaired) electrons. The first-order chi connectivity index (χ1) is 13.5.